The molecule has 0 aliphatic heterocycles. The van der Waals surface area contributed by atoms with Crippen molar-refractivity contribution in [1.29, 1.82) is 0 Å². The highest BCUT2D eigenvalue weighted by molar-refractivity contribution is 6.15. The number of pyridine rings is 1. The Kier molecular flexibility index (Phi) is 2.94. The third-order valence-corrected chi connectivity index (χ3v) is 4.56. The van der Waals surface area contributed by atoms with Crippen LogP contribution in [0.2, 0.25) is 0 Å². The second kappa shape index (κ2) is 5.28. The lowest BCUT2D eigenvalue weighted by molar-refractivity contribution is 0.104. The Morgan fingerprint density at radius 1 is 0.760 bits per heavy atom. The van der Waals surface area contributed by atoms with E-state index in [1.807, 2.05) is 78.9 Å². The van der Waals surface area contributed by atoms with Crippen molar-refractivity contribution in [3.63, 3.8) is 0 Å². The molecule has 5 rings (SSSR count). The van der Waals surface area contributed by atoms with Gasteiger partial charge in [0.2, 0.25) is 0 Å². The Hall–Kier alpha value is -3.46. The van der Waals surface area contributed by atoms with E-state index in [4.69, 9.17) is 4.98 Å². The van der Waals surface area contributed by atoms with Gasteiger partial charge >= 0.3 is 0 Å². The van der Waals surface area contributed by atoms with Crippen LogP contribution in [0.5, 0.6) is 0 Å². The largest absolute Gasteiger partial charge is 0.292 e. The average Bonchev–Trinajstić information content (AvgIpc) is 3.07. The van der Waals surface area contributed by atoms with Gasteiger partial charge in [0.15, 0.2) is 5.78 Å². The van der Waals surface area contributed by atoms with Gasteiger partial charge < -0.3 is 0 Å². The number of hydrogen-bond donors (Lipinski definition) is 0. The minimum atomic E-state index is -0.00772. The van der Waals surface area contributed by atoms with Crippen molar-refractivity contribution in [1.82, 2.24) is 9.38 Å². The summed E-state index contributed by atoms with van der Waals surface area (Å²) in [5.74, 6) is -0.00772. The molecule has 0 radical (unpaired) electrons. The van der Waals surface area contributed by atoms with E-state index >= 15 is 0 Å². The molecule has 5 aromatic rings. The summed E-state index contributed by atoms with van der Waals surface area (Å²) in [6.07, 6.45) is 0. The first-order valence-corrected chi connectivity index (χ1v) is 8.21. The van der Waals surface area contributed by atoms with Gasteiger partial charge in [0, 0.05) is 5.56 Å². The first kappa shape index (κ1) is 13.9. The number of nitrogens with zero attached hydrogens (tertiary/aromatic N) is 2. The van der Waals surface area contributed by atoms with Crippen molar-refractivity contribution in [2.75, 3.05) is 0 Å². The fraction of sp³-hybridized carbons (Fsp3) is 0. The van der Waals surface area contributed by atoms with Crippen LogP contribution in [0.1, 0.15) is 15.9 Å². The molecule has 3 aromatic carbocycles. The molecule has 2 aromatic heterocycles. The Morgan fingerprint density at radius 2 is 1.44 bits per heavy atom. The number of imidazole rings is 1. The highest BCUT2D eigenvalue weighted by Gasteiger charge is 2.18. The summed E-state index contributed by atoms with van der Waals surface area (Å²) < 4.78 is 2.08. The van der Waals surface area contributed by atoms with E-state index in [-0.39, 0.29) is 5.78 Å². The van der Waals surface area contributed by atoms with Crippen LogP contribution in [0.15, 0.2) is 84.9 Å². The van der Waals surface area contributed by atoms with Gasteiger partial charge in [-0.3, -0.25) is 9.20 Å². The summed E-state index contributed by atoms with van der Waals surface area (Å²) in [7, 11) is 0. The minimum absolute atomic E-state index is 0.00772. The molecule has 25 heavy (non-hydrogen) atoms. The van der Waals surface area contributed by atoms with E-state index in [0.717, 1.165) is 21.9 Å². The molecule has 0 amide bonds. The maximum absolute atomic E-state index is 13.1. The standard InChI is InChI=1S/C22H14N2O/c25-21(15-8-2-1-3-9-15)17-14-16-10-4-6-12-19(16)24-20-13-7-5-11-18(20)23-22(17)24/h1-14H. The second-order valence-electron chi connectivity index (χ2n) is 6.07. The average molecular weight is 322 g/mol. The predicted molar refractivity (Wildman–Crippen MR) is 100 cm³/mol. The maximum Gasteiger partial charge on any atom is 0.196 e. The zero-order chi connectivity index (χ0) is 16.8. The molecular weight excluding hydrogens is 308 g/mol. The smallest absolute Gasteiger partial charge is 0.196 e. The molecule has 0 spiro atoms. The number of fused-ring (bicyclic) bond motifs is 5. The van der Waals surface area contributed by atoms with Crippen LogP contribution < -0.4 is 0 Å². The Balaban J connectivity index is 1.94. The molecule has 118 valence electrons. The lowest BCUT2D eigenvalue weighted by Gasteiger charge is -2.08. The van der Waals surface area contributed by atoms with E-state index in [1.54, 1.807) is 0 Å². The molecule has 2 heterocycles. The van der Waals surface area contributed by atoms with Crippen LogP contribution in [0.25, 0.3) is 27.6 Å². The van der Waals surface area contributed by atoms with Crippen LogP contribution in [0.3, 0.4) is 0 Å². The molecule has 3 nitrogen and oxygen atoms in total. The van der Waals surface area contributed by atoms with E-state index in [2.05, 4.69) is 10.5 Å². The molecule has 0 aliphatic carbocycles. The second-order valence-corrected chi connectivity index (χ2v) is 6.07. The quantitative estimate of drug-likeness (QED) is 0.434. The Labute approximate surface area is 144 Å². The van der Waals surface area contributed by atoms with Gasteiger partial charge in [-0.2, -0.15) is 0 Å². The zero-order valence-electron chi connectivity index (χ0n) is 13.4. The van der Waals surface area contributed by atoms with Crippen molar-refractivity contribution in [3.8, 4) is 0 Å². The monoisotopic (exact) mass is 322 g/mol. The van der Waals surface area contributed by atoms with Crippen molar-refractivity contribution in [2.45, 2.75) is 0 Å². The normalized spacial score (nSPS) is 11.4. The number of ketones is 1. The molecule has 0 bridgehead atoms. The Morgan fingerprint density at radius 3 is 2.28 bits per heavy atom. The van der Waals surface area contributed by atoms with Crippen LogP contribution in [-0.2, 0) is 0 Å². The molecule has 0 atom stereocenters. The van der Waals surface area contributed by atoms with Gasteiger partial charge in [-0.1, -0.05) is 60.7 Å². The van der Waals surface area contributed by atoms with Crippen molar-refractivity contribution >= 4 is 33.4 Å². The van der Waals surface area contributed by atoms with Gasteiger partial charge in [0.25, 0.3) is 0 Å². The van der Waals surface area contributed by atoms with Crippen molar-refractivity contribution < 1.29 is 4.79 Å². The number of aromatic nitrogens is 2. The molecule has 0 unspecified atom stereocenters. The van der Waals surface area contributed by atoms with Crippen LogP contribution >= 0.6 is 0 Å². The molecule has 0 saturated carbocycles. The number of hydrogen-bond acceptors (Lipinski definition) is 2. The number of carbonyl (C=O) groups is 1. The van der Waals surface area contributed by atoms with Crippen LogP contribution in [0, 0.1) is 0 Å². The van der Waals surface area contributed by atoms with Gasteiger partial charge in [0.1, 0.15) is 5.65 Å². The Bertz CT molecular complexity index is 1250. The molecule has 0 aliphatic rings. The fourth-order valence-electron chi connectivity index (χ4n) is 3.40. The highest BCUT2D eigenvalue weighted by atomic mass is 16.1. The third kappa shape index (κ3) is 2.06. The summed E-state index contributed by atoms with van der Waals surface area (Å²) in [6.45, 7) is 0. The SMILES string of the molecule is O=C(c1ccccc1)c1cc2ccccc2n2c1nc1ccccc12. The summed E-state index contributed by atoms with van der Waals surface area (Å²) in [6, 6.07) is 27.4. The van der Waals surface area contributed by atoms with E-state index < -0.39 is 0 Å². The van der Waals surface area contributed by atoms with E-state index in [9.17, 15) is 4.79 Å². The van der Waals surface area contributed by atoms with Gasteiger partial charge in [-0.05, 0) is 29.7 Å². The molecule has 3 heteroatoms. The van der Waals surface area contributed by atoms with Crippen LogP contribution in [-0.4, -0.2) is 15.2 Å². The summed E-state index contributed by atoms with van der Waals surface area (Å²) in [5.41, 5.74) is 4.95. The summed E-state index contributed by atoms with van der Waals surface area (Å²) in [5, 5.41) is 1.03. The first-order chi connectivity index (χ1) is 12.3. The molecule has 0 saturated heterocycles. The van der Waals surface area contributed by atoms with E-state index in [0.29, 0.717) is 16.8 Å². The van der Waals surface area contributed by atoms with Crippen molar-refractivity contribution in [3.05, 3.63) is 96.1 Å². The molecular formula is C22H14N2O. The topological polar surface area (TPSA) is 34.4 Å². The van der Waals surface area contributed by atoms with Gasteiger partial charge in [-0.25, -0.2) is 4.98 Å². The van der Waals surface area contributed by atoms with Gasteiger partial charge in [0.05, 0.1) is 22.1 Å². The third-order valence-electron chi connectivity index (χ3n) is 4.56. The van der Waals surface area contributed by atoms with E-state index in [1.165, 1.54) is 0 Å². The number of carbonyl (C=O) groups excluding carboxylic acids is 1. The first-order valence-electron chi connectivity index (χ1n) is 8.21. The number of para-hydroxylation sites is 3. The predicted octanol–water partition coefficient (Wildman–Crippen LogP) is 4.87. The number of benzene rings is 3. The summed E-state index contributed by atoms with van der Waals surface area (Å²) in [4.78, 5) is 17.9. The molecule has 0 fully saturated rings. The van der Waals surface area contributed by atoms with Crippen molar-refractivity contribution in [2.24, 2.45) is 0 Å². The minimum Gasteiger partial charge on any atom is -0.292 e. The summed E-state index contributed by atoms with van der Waals surface area (Å²) >= 11 is 0. The molecule has 0 N–H and O–H groups in total. The van der Waals surface area contributed by atoms with Crippen LogP contribution in [0.4, 0.5) is 0 Å². The zero-order valence-corrected chi connectivity index (χ0v) is 13.4. The lowest BCUT2D eigenvalue weighted by Crippen LogP contribution is -2.05. The lowest BCUT2D eigenvalue weighted by atomic mass is 10.0. The maximum atomic E-state index is 13.1. The fourth-order valence-corrected chi connectivity index (χ4v) is 3.40. The number of rotatable bonds is 2. The highest BCUT2D eigenvalue weighted by Crippen LogP contribution is 2.27. The van der Waals surface area contributed by atoms with Gasteiger partial charge in [-0.15, -0.1) is 0 Å².